The predicted molar refractivity (Wildman–Crippen MR) is 61.2 cm³/mol. The van der Waals surface area contributed by atoms with Crippen LogP contribution in [-0.4, -0.2) is 17.3 Å². The highest BCUT2D eigenvalue weighted by Crippen LogP contribution is 2.09. The maximum atomic E-state index is 7.40. The van der Waals surface area contributed by atoms with Gasteiger partial charge in [-0.1, -0.05) is 34.3 Å². The molecule has 1 heterocycles. The molecule has 0 bridgehead atoms. The van der Waals surface area contributed by atoms with Crippen LogP contribution in [0.3, 0.4) is 0 Å². The first kappa shape index (κ1) is 14.7. The maximum absolute atomic E-state index is 7.40. The summed E-state index contributed by atoms with van der Waals surface area (Å²) in [5, 5.41) is 7.40. The lowest BCUT2D eigenvalue weighted by Gasteiger charge is -2.24. The van der Waals surface area contributed by atoms with Crippen molar-refractivity contribution >= 4 is 5.84 Å². The van der Waals surface area contributed by atoms with Crippen LogP contribution in [0.4, 0.5) is 0 Å². The third-order valence-electron chi connectivity index (χ3n) is 1.63. The van der Waals surface area contributed by atoms with E-state index >= 15 is 0 Å². The van der Waals surface area contributed by atoms with Crippen LogP contribution < -0.4 is 0 Å². The summed E-state index contributed by atoms with van der Waals surface area (Å²) in [6, 6.07) is 0. The van der Waals surface area contributed by atoms with Crippen LogP contribution in [0, 0.1) is 5.41 Å². The van der Waals surface area contributed by atoms with Gasteiger partial charge in [0.05, 0.1) is 5.84 Å². The summed E-state index contributed by atoms with van der Waals surface area (Å²) in [5.41, 5.74) is 0. The monoisotopic (exact) mass is 184 g/mol. The first-order chi connectivity index (χ1) is 6.34. The van der Waals surface area contributed by atoms with Gasteiger partial charge in [-0.05, 0) is 19.0 Å². The molecule has 0 aromatic rings. The fourth-order valence-electron chi connectivity index (χ4n) is 1.05. The first-order valence-corrected chi connectivity index (χ1v) is 5.31. The van der Waals surface area contributed by atoms with Crippen LogP contribution >= 0.6 is 0 Å². The van der Waals surface area contributed by atoms with Gasteiger partial charge in [-0.15, -0.1) is 0 Å². The molecule has 78 valence electrons. The van der Waals surface area contributed by atoms with Crippen LogP contribution in [0.5, 0.6) is 0 Å². The van der Waals surface area contributed by atoms with Gasteiger partial charge in [0.15, 0.2) is 0 Å². The summed E-state index contributed by atoms with van der Waals surface area (Å²) in [5.74, 6) is 0.719. The first-order valence-electron chi connectivity index (χ1n) is 5.31. The van der Waals surface area contributed by atoms with E-state index in [9.17, 15) is 0 Å². The Kier molecular flexibility index (Phi) is 12.7. The number of nitrogens with zero attached hydrogens (tertiary/aromatic N) is 1. The van der Waals surface area contributed by atoms with Crippen molar-refractivity contribution in [3.8, 4) is 0 Å². The molecule has 0 radical (unpaired) electrons. The topological polar surface area (TPSA) is 27.1 Å². The van der Waals surface area contributed by atoms with E-state index < -0.39 is 0 Å². The third kappa shape index (κ3) is 6.38. The Morgan fingerprint density at radius 1 is 1.23 bits per heavy atom. The van der Waals surface area contributed by atoms with Gasteiger partial charge in [-0.3, -0.25) is 5.41 Å². The zero-order valence-electron chi connectivity index (χ0n) is 9.56. The molecule has 1 rings (SSSR count). The van der Waals surface area contributed by atoms with Crippen molar-refractivity contribution in [1.29, 1.82) is 5.41 Å². The molecule has 0 aromatic heterocycles. The molecule has 0 atom stereocenters. The molecule has 0 aromatic carbocycles. The number of hydrogen-bond donors (Lipinski definition) is 1. The molecule has 1 saturated heterocycles. The average molecular weight is 184 g/mol. The van der Waals surface area contributed by atoms with Gasteiger partial charge >= 0.3 is 0 Å². The third-order valence-corrected chi connectivity index (χ3v) is 1.63. The lowest BCUT2D eigenvalue weighted by molar-refractivity contribution is 0.468. The van der Waals surface area contributed by atoms with E-state index in [0.29, 0.717) is 0 Å². The van der Waals surface area contributed by atoms with Crippen LogP contribution in [-0.2, 0) is 0 Å². The largest absolute Gasteiger partial charge is 0.338 e. The molecule has 13 heavy (non-hydrogen) atoms. The lowest BCUT2D eigenvalue weighted by atomic mass is 10.1. The van der Waals surface area contributed by atoms with Gasteiger partial charge in [0.25, 0.3) is 0 Å². The Morgan fingerprint density at radius 3 is 2.08 bits per heavy atom. The van der Waals surface area contributed by atoms with Crippen LogP contribution in [0.15, 0.2) is 12.8 Å². The number of rotatable bonds is 1. The van der Waals surface area contributed by atoms with E-state index in [1.54, 1.807) is 6.20 Å². The summed E-state index contributed by atoms with van der Waals surface area (Å²) in [6.45, 7) is 12.6. The van der Waals surface area contributed by atoms with Crippen molar-refractivity contribution < 1.29 is 0 Å². The van der Waals surface area contributed by atoms with E-state index in [-0.39, 0.29) is 0 Å². The van der Waals surface area contributed by atoms with Gasteiger partial charge in [0.2, 0.25) is 0 Å². The Labute approximate surface area is 83.2 Å². The molecule has 0 unspecified atom stereocenters. The number of amidine groups is 1. The summed E-state index contributed by atoms with van der Waals surface area (Å²) < 4.78 is 0. The fourth-order valence-corrected chi connectivity index (χ4v) is 1.05. The van der Waals surface area contributed by atoms with Crippen molar-refractivity contribution in [2.45, 2.75) is 47.0 Å². The highest BCUT2D eigenvalue weighted by Gasteiger charge is 2.10. The van der Waals surface area contributed by atoms with Crippen LogP contribution in [0.1, 0.15) is 47.0 Å². The summed E-state index contributed by atoms with van der Waals surface area (Å²) >= 11 is 0. The zero-order chi connectivity index (χ0) is 10.7. The molecule has 1 aliphatic rings. The molecular weight excluding hydrogens is 160 g/mol. The minimum atomic E-state index is 0.719. The molecule has 1 fully saturated rings. The Balaban J connectivity index is 0. The van der Waals surface area contributed by atoms with E-state index in [2.05, 4.69) is 6.58 Å². The number of hydrogen-bond acceptors (Lipinski definition) is 1. The van der Waals surface area contributed by atoms with Crippen molar-refractivity contribution in [3.63, 3.8) is 0 Å². The normalized spacial score (nSPS) is 14.8. The molecule has 0 amide bonds. The summed E-state index contributed by atoms with van der Waals surface area (Å²) in [7, 11) is 0. The molecule has 0 spiro atoms. The van der Waals surface area contributed by atoms with Crippen molar-refractivity contribution in [3.05, 3.63) is 12.8 Å². The van der Waals surface area contributed by atoms with E-state index in [1.165, 1.54) is 12.8 Å². The van der Waals surface area contributed by atoms with Crippen molar-refractivity contribution in [2.75, 3.05) is 6.54 Å². The SMILES string of the molecule is C=CN1CCCCC1=N.CC.CC. The average Bonchev–Trinajstić information content (AvgIpc) is 2.24. The Bertz CT molecular complexity index is 130. The summed E-state index contributed by atoms with van der Waals surface area (Å²) in [4.78, 5) is 1.91. The molecular formula is C11H24N2. The standard InChI is InChI=1S/C7H12N2.2C2H6/c1-2-9-6-4-3-5-7(9)8;2*1-2/h2,8H,1,3-6H2;2*1-2H3. The van der Waals surface area contributed by atoms with Gasteiger partial charge in [-0.2, -0.15) is 0 Å². The lowest BCUT2D eigenvalue weighted by Crippen LogP contribution is -2.29. The van der Waals surface area contributed by atoms with Gasteiger partial charge in [-0.25, -0.2) is 0 Å². The van der Waals surface area contributed by atoms with Gasteiger partial charge in [0, 0.05) is 13.0 Å². The van der Waals surface area contributed by atoms with Gasteiger partial charge in [0.1, 0.15) is 0 Å². The van der Waals surface area contributed by atoms with Crippen LogP contribution in [0.25, 0.3) is 0 Å². The van der Waals surface area contributed by atoms with Gasteiger partial charge < -0.3 is 4.90 Å². The van der Waals surface area contributed by atoms with Crippen molar-refractivity contribution in [1.82, 2.24) is 4.90 Å². The zero-order valence-corrected chi connectivity index (χ0v) is 9.56. The summed E-state index contributed by atoms with van der Waals surface area (Å²) in [6.07, 6.45) is 5.03. The molecule has 0 aliphatic carbocycles. The van der Waals surface area contributed by atoms with E-state index in [0.717, 1.165) is 18.8 Å². The van der Waals surface area contributed by atoms with Crippen molar-refractivity contribution in [2.24, 2.45) is 0 Å². The fraction of sp³-hybridized carbons (Fsp3) is 0.727. The van der Waals surface area contributed by atoms with E-state index in [1.807, 2.05) is 32.6 Å². The Morgan fingerprint density at radius 2 is 1.77 bits per heavy atom. The second-order valence-electron chi connectivity index (χ2n) is 2.28. The highest BCUT2D eigenvalue weighted by atomic mass is 15.1. The quantitative estimate of drug-likeness (QED) is 0.661. The van der Waals surface area contributed by atoms with E-state index in [4.69, 9.17) is 5.41 Å². The number of likely N-dealkylation sites (tertiary alicyclic amines) is 1. The second kappa shape index (κ2) is 11.2. The predicted octanol–water partition coefficient (Wildman–Crippen LogP) is 3.65. The molecule has 2 nitrogen and oxygen atoms in total. The number of piperidine rings is 1. The molecule has 2 heteroatoms. The second-order valence-corrected chi connectivity index (χ2v) is 2.28. The highest BCUT2D eigenvalue weighted by molar-refractivity contribution is 5.80. The Hall–Kier alpha value is -0.790. The number of nitrogens with one attached hydrogen (secondary N) is 1. The minimum Gasteiger partial charge on any atom is -0.338 e. The maximum Gasteiger partial charge on any atom is 0.0997 e. The molecule has 0 saturated carbocycles. The van der Waals surface area contributed by atoms with Crippen LogP contribution in [0.2, 0.25) is 0 Å². The smallest absolute Gasteiger partial charge is 0.0997 e. The minimum absolute atomic E-state index is 0.719. The molecule has 1 aliphatic heterocycles. The molecule has 1 N–H and O–H groups in total.